The molecular formula is C14H14. The molecule has 0 spiro atoms. The van der Waals surface area contributed by atoms with E-state index in [1.807, 2.05) is 6.08 Å². The molecule has 0 nitrogen and oxygen atoms in total. The van der Waals surface area contributed by atoms with Gasteiger partial charge in [-0.25, -0.2) is 0 Å². The number of fused-ring (bicyclic) bond motifs is 1. The van der Waals surface area contributed by atoms with Crippen molar-refractivity contribution in [2.24, 2.45) is 0 Å². The molecular weight excluding hydrogens is 168 g/mol. The molecule has 1 aromatic rings. The first-order valence-corrected chi connectivity index (χ1v) is 4.79. The fraction of sp³-hybridized carbons (Fsp3) is 0.143. The Hall–Kier alpha value is -1.56. The molecule has 70 valence electrons. The summed E-state index contributed by atoms with van der Waals surface area (Å²) < 4.78 is 0. The molecule has 0 saturated carbocycles. The molecule has 0 heterocycles. The van der Waals surface area contributed by atoms with Gasteiger partial charge in [-0.05, 0) is 47.2 Å². The van der Waals surface area contributed by atoms with Crippen molar-refractivity contribution in [3.63, 3.8) is 0 Å². The molecule has 0 bridgehead atoms. The lowest BCUT2D eigenvalue weighted by Gasteiger charge is -2.09. The Balaban J connectivity index is 2.80. The highest BCUT2D eigenvalue weighted by molar-refractivity contribution is 5.97. The third-order valence-electron chi connectivity index (χ3n) is 2.80. The SMILES string of the molecule is C=Cc1c(C)ccc2c1C(=C)C=C2C. The molecule has 1 aromatic carbocycles. The Labute approximate surface area is 85.3 Å². The zero-order valence-corrected chi connectivity index (χ0v) is 8.72. The van der Waals surface area contributed by atoms with Gasteiger partial charge in [0.05, 0.1) is 0 Å². The highest BCUT2D eigenvalue weighted by atomic mass is 14.2. The van der Waals surface area contributed by atoms with Crippen molar-refractivity contribution in [1.82, 2.24) is 0 Å². The van der Waals surface area contributed by atoms with Crippen LogP contribution in [0.1, 0.15) is 29.2 Å². The normalized spacial score (nSPS) is 13.9. The topological polar surface area (TPSA) is 0 Å². The van der Waals surface area contributed by atoms with Gasteiger partial charge in [-0.1, -0.05) is 37.4 Å². The summed E-state index contributed by atoms with van der Waals surface area (Å²) in [6.07, 6.45) is 4.06. The molecule has 0 N–H and O–H groups in total. The van der Waals surface area contributed by atoms with Crippen LogP contribution < -0.4 is 0 Å². The third kappa shape index (κ3) is 1.07. The summed E-state index contributed by atoms with van der Waals surface area (Å²) in [6.45, 7) is 12.2. The second kappa shape index (κ2) is 2.98. The standard InChI is InChI=1S/C14H14/c1-5-12-9(2)6-7-13-10(3)8-11(4)14(12)13/h5-8H,1,4H2,2-3H3. The van der Waals surface area contributed by atoms with Gasteiger partial charge in [0.15, 0.2) is 0 Å². The summed E-state index contributed by atoms with van der Waals surface area (Å²) in [6, 6.07) is 4.31. The van der Waals surface area contributed by atoms with Crippen molar-refractivity contribution in [2.45, 2.75) is 13.8 Å². The van der Waals surface area contributed by atoms with Gasteiger partial charge in [0.2, 0.25) is 0 Å². The summed E-state index contributed by atoms with van der Waals surface area (Å²) in [5, 5.41) is 0. The first-order chi connectivity index (χ1) is 6.65. The van der Waals surface area contributed by atoms with Gasteiger partial charge in [0.1, 0.15) is 0 Å². The van der Waals surface area contributed by atoms with Crippen LogP contribution in [0.25, 0.3) is 17.2 Å². The van der Waals surface area contributed by atoms with Crippen LogP contribution in [0.5, 0.6) is 0 Å². The summed E-state index contributed by atoms with van der Waals surface area (Å²) in [4.78, 5) is 0. The molecule has 0 saturated heterocycles. The highest BCUT2D eigenvalue weighted by Gasteiger charge is 2.17. The van der Waals surface area contributed by atoms with Crippen LogP contribution in [0.3, 0.4) is 0 Å². The maximum atomic E-state index is 4.07. The van der Waals surface area contributed by atoms with E-state index in [2.05, 4.69) is 45.2 Å². The van der Waals surface area contributed by atoms with E-state index in [-0.39, 0.29) is 0 Å². The fourth-order valence-corrected chi connectivity index (χ4v) is 2.07. The molecule has 1 aliphatic rings. The van der Waals surface area contributed by atoms with Crippen LogP contribution >= 0.6 is 0 Å². The summed E-state index contributed by atoms with van der Waals surface area (Å²) >= 11 is 0. The zero-order chi connectivity index (χ0) is 10.3. The second-order valence-corrected chi connectivity index (χ2v) is 3.78. The largest absolute Gasteiger partial charge is 0.0984 e. The van der Waals surface area contributed by atoms with Crippen LogP contribution in [0, 0.1) is 6.92 Å². The average Bonchev–Trinajstić information content (AvgIpc) is 2.43. The minimum absolute atomic E-state index is 1.11. The lowest BCUT2D eigenvalue weighted by atomic mass is 9.95. The highest BCUT2D eigenvalue weighted by Crippen LogP contribution is 2.37. The maximum absolute atomic E-state index is 4.07. The lowest BCUT2D eigenvalue weighted by Crippen LogP contribution is -1.90. The monoisotopic (exact) mass is 182 g/mol. The van der Waals surface area contributed by atoms with E-state index in [9.17, 15) is 0 Å². The summed E-state index contributed by atoms with van der Waals surface area (Å²) in [5.41, 5.74) is 7.46. The smallest absolute Gasteiger partial charge is 0.00396 e. The van der Waals surface area contributed by atoms with E-state index >= 15 is 0 Å². The molecule has 1 aliphatic carbocycles. The average molecular weight is 182 g/mol. The molecule has 0 amide bonds. The maximum Gasteiger partial charge on any atom is -0.00396 e. The Bertz CT molecular complexity index is 459. The van der Waals surface area contributed by atoms with Crippen molar-refractivity contribution >= 4 is 17.2 Å². The lowest BCUT2D eigenvalue weighted by molar-refractivity contribution is 1.41. The summed E-state index contributed by atoms with van der Waals surface area (Å²) in [5.74, 6) is 0. The Morgan fingerprint density at radius 1 is 1.21 bits per heavy atom. The van der Waals surface area contributed by atoms with E-state index < -0.39 is 0 Å². The van der Waals surface area contributed by atoms with E-state index in [1.54, 1.807) is 0 Å². The number of rotatable bonds is 1. The minimum Gasteiger partial charge on any atom is -0.0984 e. The Morgan fingerprint density at radius 2 is 1.93 bits per heavy atom. The van der Waals surface area contributed by atoms with Crippen LogP contribution in [0.4, 0.5) is 0 Å². The molecule has 0 fully saturated rings. The number of hydrogen-bond acceptors (Lipinski definition) is 0. The molecule has 0 atom stereocenters. The fourth-order valence-electron chi connectivity index (χ4n) is 2.07. The van der Waals surface area contributed by atoms with Gasteiger partial charge >= 0.3 is 0 Å². The molecule has 2 rings (SSSR count). The predicted molar refractivity (Wildman–Crippen MR) is 64.0 cm³/mol. The number of allylic oxidation sites excluding steroid dienone is 3. The summed E-state index contributed by atoms with van der Waals surface area (Å²) in [7, 11) is 0. The van der Waals surface area contributed by atoms with E-state index in [0.29, 0.717) is 0 Å². The zero-order valence-electron chi connectivity index (χ0n) is 8.72. The van der Waals surface area contributed by atoms with Gasteiger partial charge in [-0.2, -0.15) is 0 Å². The van der Waals surface area contributed by atoms with Crippen LogP contribution in [-0.2, 0) is 0 Å². The van der Waals surface area contributed by atoms with Gasteiger partial charge in [-0.3, -0.25) is 0 Å². The van der Waals surface area contributed by atoms with Gasteiger partial charge in [0, 0.05) is 0 Å². The van der Waals surface area contributed by atoms with Crippen molar-refractivity contribution < 1.29 is 0 Å². The van der Waals surface area contributed by atoms with Gasteiger partial charge < -0.3 is 0 Å². The number of benzene rings is 1. The van der Waals surface area contributed by atoms with Crippen LogP contribution in [0.15, 0.2) is 31.4 Å². The van der Waals surface area contributed by atoms with E-state index in [1.165, 1.54) is 27.8 Å². The van der Waals surface area contributed by atoms with Crippen molar-refractivity contribution in [3.05, 3.63) is 53.6 Å². The molecule has 0 aliphatic heterocycles. The number of aryl methyl sites for hydroxylation is 1. The molecule has 0 heteroatoms. The third-order valence-corrected chi connectivity index (χ3v) is 2.80. The molecule has 0 aromatic heterocycles. The number of hydrogen-bond donors (Lipinski definition) is 0. The predicted octanol–water partition coefficient (Wildman–Crippen LogP) is 4.07. The van der Waals surface area contributed by atoms with Gasteiger partial charge in [0.25, 0.3) is 0 Å². The Kier molecular flexibility index (Phi) is 1.92. The minimum atomic E-state index is 1.11. The quantitative estimate of drug-likeness (QED) is 0.614. The molecule has 0 radical (unpaired) electrons. The van der Waals surface area contributed by atoms with Crippen molar-refractivity contribution in [1.29, 1.82) is 0 Å². The molecule has 14 heavy (non-hydrogen) atoms. The van der Waals surface area contributed by atoms with Gasteiger partial charge in [-0.15, -0.1) is 0 Å². The first-order valence-electron chi connectivity index (χ1n) is 4.79. The van der Waals surface area contributed by atoms with Crippen LogP contribution in [0.2, 0.25) is 0 Å². The van der Waals surface area contributed by atoms with Crippen molar-refractivity contribution in [2.75, 3.05) is 0 Å². The van der Waals surface area contributed by atoms with E-state index in [4.69, 9.17) is 0 Å². The van der Waals surface area contributed by atoms with Crippen molar-refractivity contribution in [3.8, 4) is 0 Å². The molecule has 0 unspecified atom stereocenters. The Morgan fingerprint density at radius 3 is 2.57 bits per heavy atom. The first kappa shape index (κ1) is 9.01. The second-order valence-electron chi connectivity index (χ2n) is 3.78. The van der Waals surface area contributed by atoms with Crippen LogP contribution in [-0.4, -0.2) is 0 Å². The van der Waals surface area contributed by atoms with E-state index in [0.717, 1.165) is 5.57 Å².